The Morgan fingerprint density at radius 1 is 1.12 bits per heavy atom. The maximum atomic E-state index is 3.63. The van der Waals surface area contributed by atoms with E-state index in [9.17, 15) is 0 Å². The van der Waals surface area contributed by atoms with Crippen LogP contribution in [-0.2, 0) is 0 Å². The Hall–Kier alpha value is -0.0800. The van der Waals surface area contributed by atoms with Crippen LogP contribution in [0.2, 0.25) is 0 Å². The first kappa shape index (κ1) is 15.9. The van der Waals surface area contributed by atoms with Crippen molar-refractivity contribution < 1.29 is 0 Å². The van der Waals surface area contributed by atoms with Gasteiger partial charge in [0, 0.05) is 31.2 Å². The Morgan fingerprint density at radius 2 is 1.69 bits per heavy atom. The zero-order chi connectivity index (χ0) is 12.8. The van der Waals surface area contributed by atoms with Crippen molar-refractivity contribution in [3.05, 3.63) is 0 Å². The molecule has 0 atom stereocenters. The van der Waals surface area contributed by atoms with E-state index in [-0.39, 0.29) is 5.54 Å². The zero-order valence-corrected chi connectivity index (χ0v) is 12.4. The van der Waals surface area contributed by atoms with Crippen molar-refractivity contribution in [3.8, 4) is 0 Å². The standard InChI is InChI=1S/C14H32N2/c1-8-14(6,7)15-9-10-16(13(4)5)11-12(2)3/h12-13,15H,8-11H2,1-7H3. The molecule has 0 saturated heterocycles. The van der Waals surface area contributed by atoms with Crippen molar-refractivity contribution in [2.75, 3.05) is 19.6 Å². The molecule has 0 aliphatic rings. The second-order valence-electron chi connectivity index (χ2n) is 6.15. The minimum atomic E-state index is 0.278. The fraction of sp³-hybridized carbons (Fsp3) is 1.00. The first-order valence-electron chi connectivity index (χ1n) is 6.77. The fourth-order valence-electron chi connectivity index (χ4n) is 1.69. The lowest BCUT2D eigenvalue weighted by Crippen LogP contribution is -2.45. The molecular formula is C14H32N2. The lowest BCUT2D eigenvalue weighted by Gasteiger charge is -2.31. The molecule has 0 saturated carbocycles. The molecule has 0 aliphatic heterocycles. The van der Waals surface area contributed by atoms with Gasteiger partial charge in [-0.05, 0) is 40.0 Å². The van der Waals surface area contributed by atoms with Crippen molar-refractivity contribution >= 4 is 0 Å². The van der Waals surface area contributed by atoms with Gasteiger partial charge in [-0.1, -0.05) is 20.8 Å². The van der Waals surface area contributed by atoms with Gasteiger partial charge in [-0.25, -0.2) is 0 Å². The smallest absolute Gasteiger partial charge is 0.0123 e. The van der Waals surface area contributed by atoms with E-state index < -0.39 is 0 Å². The summed E-state index contributed by atoms with van der Waals surface area (Å²) in [5.41, 5.74) is 0.278. The second-order valence-corrected chi connectivity index (χ2v) is 6.15. The number of hydrogen-bond donors (Lipinski definition) is 1. The topological polar surface area (TPSA) is 15.3 Å². The van der Waals surface area contributed by atoms with Crippen LogP contribution in [0.3, 0.4) is 0 Å². The van der Waals surface area contributed by atoms with E-state index in [0.29, 0.717) is 6.04 Å². The molecule has 0 rings (SSSR count). The van der Waals surface area contributed by atoms with Gasteiger partial charge in [0.05, 0.1) is 0 Å². The molecule has 0 aliphatic carbocycles. The number of nitrogens with one attached hydrogen (secondary N) is 1. The minimum absolute atomic E-state index is 0.278. The second kappa shape index (κ2) is 7.29. The van der Waals surface area contributed by atoms with Crippen LogP contribution >= 0.6 is 0 Å². The highest BCUT2D eigenvalue weighted by molar-refractivity contribution is 4.76. The summed E-state index contributed by atoms with van der Waals surface area (Å²) in [6.07, 6.45) is 1.18. The van der Waals surface area contributed by atoms with Gasteiger partial charge in [0.15, 0.2) is 0 Å². The van der Waals surface area contributed by atoms with Crippen molar-refractivity contribution in [2.24, 2.45) is 5.92 Å². The van der Waals surface area contributed by atoms with Crippen molar-refractivity contribution in [2.45, 2.75) is 66.5 Å². The van der Waals surface area contributed by atoms with Gasteiger partial charge in [-0.2, -0.15) is 0 Å². The molecule has 0 unspecified atom stereocenters. The average Bonchev–Trinajstić information content (AvgIpc) is 2.15. The van der Waals surface area contributed by atoms with Gasteiger partial charge in [-0.15, -0.1) is 0 Å². The first-order valence-corrected chi connectivity index (χ1v) is 6.77. The molecule has 0 amide bonds. The van der Waals surface area contributed by atoms with Gasteiger partial charge in [0.2, 0.25) is 0 Å². The molecule has 0 spiro atoms. The molecule has 0 aromatic heterocycles. The highest BCUT2D eigenvalue weighted by atomic mass is 15.2. The molecule has 0 fully saturated rings. The lowest BCUT2D eigenvalue weighted by atomic mass is 10.0. The van der Waals surface area contributed by atoms with Crippen LogP contribution < -0.4 is 5.32 Å². The molecule has 1 N–H and O–H groups in total. The summed E-state index contributed by atoms with van der Waals surface area (Å²) >= 11 is 0. The van der Waals surface area contributed by atoms with E-state index in [1.54, 1.807) is 0 Å². The predicted molar refractivity (Wildman–Crippen MR) is 73.9 cm³/mol. The maximum absolute atomic E-state index is 3.63. The summed E-state index contributed by atoms with van der Waals surface area (Å²) in [5, 5.41) is 3.63. The molecule has 0 bridgehead atoms. The monoisotopic (exact) mass is 228 g/mol. The van der Waals surface area contributed by atoms with Crippen molar-refractivity contribution in [3.63, 3.8) is 0 Å². The number of rotatable bonds is 8. The van der Waals surface area contributed by atoms with Crippen LogP contribution in [0.5, 0.6) is 0 Å². The quantitative estimate of drug-likeness (QED) is 0.686. The third-order valence-corrected chi connectivity index (χ3v) is 3.22. The Morgan fingerprint density at radius 3 is 2.06 bits per heavy atom. The SMILES string of the molecule is CCC(C)(C)NCCN(CC(C)C)C(C)C. The maximum Gasteiger partial charge on any atom is 0.0123 e. The van der Waals surface area contributed by atoms with Gasteiger partial charge in [0.1, 0.15) is 0 Å². The Bertz CT molecular complexity index is 174. The average molecular weight is 228 g/mol. The molecule has 2 nitrogen and oxygen atoms in total. The molecule has 0 aromatic rings. The molecule has 2 heteroatoms. The van der Waals surface area contributed by atoms with Crippen molar-refractivity contribution in [1.29, 1.82) is 0 Å². The van der Waals surface area contributed by atoms with E-state index in [1.165, 1.54) is 13.0 Å². The predicted octanol–water partition coefficient (Wildman–Crippen LogP) is 3.13. The summed E-state index contributed by atoms with van der Waals surface area (Å²) in [6, 6.07) is 0.647. The van der Waals surface area contributed by atoms with Gasteiger partial charge >= 0.3 is 0 Å². The fourth-order valence-corrected chi connectivity index (χ4v) is 1.69. The number of nitrogens with zero attached hydrogens (tertiary/aromatic N) is 1. The summed E-state index contributed by atoms with van der Waals surface area (Å²) in [6.45, 7) is 19.4. The molecule has 0 aromatic carbocycles. The van der Waals surface area contributed by atoms with Crippen LogP contribution in [0.1, 0.15) is 54.9 Å². The molecule has 0 heterocycles. The summed E-state index contributed by atoms with van der Waals surface area (Å²) in [5.74, 6) is 0.751. The number of hydrogen-bond acceptors (Lipinski definition) is 2. The Kier molecular flexibility index (Phi) is 7.25. The highest BCUT2D eigenvalue weighted by Gasteiger charge is 2.15. The van der Waals surface area contributed by atoms with Crippen molar-refractivity contribution in [1.82, 2.24) is 10.2 Å². The van der Waals surface area contributed by atoms with E-state index in [2.05, 4.69) is 58.7 Å². The van der Waals surface area contributed by atoms with Crippen LogP contribution in [0.25, 0.3) is 0 Å². The van der Waals surface area contributed by atoms with Gasteiger partial charge < -0.3 is 5.32 Å². The summed E-state index contributed by atoms with van der Waals surface area (Å²) < 4.78 is 0. The largest absolute Gasteiger partial charge is 0.311 e. The van der Waals surface area contributed by atoms with Crippen LogP contribution in [-0.4, -0.2) is 36.1 Å². The van der Waals surface area contributed by atoms with E-state index in [4.69, 9.17) is 0 Å². The van der Waals surface area contributed by atoms with E-state index in [1.807, 2.05) is 0 Å². The van der Waals surface area contributed by atoms with Crippen LogP contribution in [0.4, 0.5) is 0 Å². The van der Waals surface area contributed by atoms with E-state index >= 15 is 0 Å². The highest BCUT2D eigenvalue weighted by Crippen LogP contribution is 2.07. The third-order valence-electron chi connectivity index (χ3n) is 3.22. The molecular weight excluding hydrogens is 196 g/mol. The lowest BCUT2D eigenvalue weighted by molar-refractivity contribution is 0.190. The Balaban J connectivity index is 3.94. The first-order chi connectivity index (χ1) is 7.28. The zero-order valence-electron chi connectivity index (χ0n) is 12.4. The molecule has 98 valence electrons. The summed E-state index contributed by atoms with van der Waals surface area (Å²) in [4.78, 5) is 2.56. The van der Waals surface area contributed by atoms with E-state index in [0.717, 1.165) is 19.0 Å². The molecule has 0 radical (unpaired) electrons. The normalized spacial score (nSPS) is 13.1. The van der Waals surface area contributed by atoms with Gasteiger partial charge in [-0.3, -0.25) is 4.90 Å². The minimum Gasteiger partial charge on any atom is -0.311 e. The van der Waals surface area contributed by atoms with Crippen LogP contribution in [0.15, 0.2) is 0 Å². The van der Waals surface area contributed by atoms with Gasteiger partial charge in [0.25, 0.3) is 0 Å². The Labute approximate surface area is 103 Å². The molecule has 16 heavy (non-hydrogen) atoms. The third kappa shape index (κ3) is 7.24. The summed E-state index contributed by atoms with van der Waals surface area (Å²) in [7, 11) is 0. The van der Waals surface area contributed by atoms with Crippen LogP contribution in [0, 0.1) is 5.92 Å².